The lowest BCUT2D eigenvalue weighted by molar-refractivity contribution is -0.131. The molecule has 1 aromatic rings. The number of likely N-dealkylation sites (N-methyl/N-ethyl adjacent to an activating group) is 2. The van der Waals surface area contributed by atoms with Gasteiger partial charge in [0.05, 0.1) is 12.1 Å². The molecular weight excluding hydrogens is 260 g/mol. The van der Waals surface area contributed by atoms with Crippen LogP contribution in [0.1, 0.15) is 24.2 Å². The molecule has 4 nitrogen and oxygen atoms in total. The first-order chi connectivity index (χ1) is 9.01. The monoisotopic (exact) mass is 280 g/mol. The van der Waals surface area contributed by atoms with Crippen LogP contribution in [0, 0.1) is 0 Å². The van der Waals surface area contributed by atoms with Crippen LogP contribution >= 0.6 is 12.6 Å². The second kappa shape index (κ2) is 7.19. The topological polar surface area (TPSA) is 40.6 Å². The van der Waals surface area contributed by atoms with Crippen LogP contribution in [-0.2, 0) is 4.79 Å². The molecule has 0 N–H and O–H groups in total. The number of nitrogens with zero attached hydrogens (tertiary/aromatic N) is 2. The van der Waals surface area contributed by atoms with Crippen molar-refractivity contribution in [3.05, 3.63) is 29.8 Å². The van der Waals surface area contributed by atoms with Crippen molar-refractivity contribution in [3.8, 4) is 0 Å². The number of amides is 2. The van der Waals surface area contributed by atoms with E-state index in [1.807, 2.05) is 19.9 Å². The molecule has 0 heterocycles. The third-order valence-corrected chi connectivity index (χ3v) is 3.36. The summed E-state index contributed by atoms with van der Waals surface area (Å²) < 4.78 is 0. The van der Waals surface area contributed by atoms with Crippen molar-refractivity contribution in [2.45, 2.75) is 18.7 Å². The molecule has 1 aromatic carbocycles. The molecule has 0 aliphatic heterocycles. The highest BCUT2D eigenvalue weighted by Gasteiger charge is 2.18. The van der Waals surface area contributed by atoms with Gasteiger partial charge in [-0.05, 0) is 26.0 Å². The van der Waals surface area contributed by atoms with Crippen LogP contribution in [0.3, 0.4) is 0 Å². The molecule has 0 aromatic heterocycles. The van der Waals surface area contributed by atoms with E-state index in [1.165, 1.54) is 4.90 Å². The van der Waals surface area contributed by atoms with E-state index in [0.29, 0.717) is 23.5 Å². The molecule has 0 aliphatic rings. The van der Waals surface area contributed by atoms with Crippen molar-refractivity contribution in [1.82, 2.24) is 9.80 Å². The molecule has 0 bridgehead atoms. The van der Waals surface area contributed by atoms with Gasteiger partial charge < -0.3 is 9.80 Å². The van der Waals surface area contributed by atoms with Crippen molar-refractivity contribution in [1.29, 1.82) is 0 Å². The molecule has 0 saturated heterocycles. The summed E-state index contributed by atoms with van der Waals surface area (Å²) in [5.41, 5.74) is 0.515. The Balaban J connectivity index is 2.74. The van der Waals surface area contributed by atoms with Crippen molar-refractivity contribution >= 4 is 24.4 Å². The molecule has 5 heteroatoms. The average molecular weight is 280 g/mol. The lowest BCUT2D eigenvalue weighted by atomic mass is 10.2. The summed E-state index contributed by atoms with van der Waals surface area (Å²) in [7, 11) is 1.63. The van der Waals surface area contributed by atoms with E-state index in [0.717, 1.165) is 0 Å². The highest BCUT2D eigenvalue weighted by atomic mass is 32.1. The molecule has 1 rings (SSSR count). The number of hydrogen-bond donors (Lipinski definition) is 1. The maximum absolute atomic E-state index is 12.2. The summed E-state index contributed by atoms with van der Waals surface area (Å²) in [4.78, 5) is 27.9. The van der Waals surface area contributed by atoms with Gasteiger partial charge in [0.1, 0.15) is 0 Å². The second-order valence-corrected chi connectivity index (χ2v) is 4.73. The van der Waals surface area contributed by atoms with E-state index in [9.17, 15) is 9.59 Å². The fourth-order valence-corrected chi connectivity index (χ4v) is 2.07. The molecule has 0 spiro atoms. The van der Waals surface area contributed by atoms with Gasteiger partial charge in [0.15, 0.2) is 0 Å². The molecule has 0 aliphatic carbocycles. The third-order valence-electron chi connectivity index (χ3n) is 2.97. The molecule has 0 unspecified atom stereocenters. The van der Waals surface area contributed by atoms with Crippen LogP contribution in [0.4, 0.5) is 0 Å². The number of rotatable bonds is 5. The van der Waals surface area contributed by atoms with Crippen LogP contribution in [0.15, 0.2) is 29.2 Å². The number of benzene rings is 1. The molecule has 19 heavy (non-hydrogen) atoms. The summed E-state index contributed by atoms with van der Waals surface area (Å²) in [6, 6.07) is 7.08. The summed E-state index contributed by atoms with van der Waals surface area (Å²) >= 11 is 4.26. The Bertz CT molecular complexity index is 459. The maximum atomic E-state index is 12.2. The normalized spacial score (nSPS) is 10.1. The lowest BCUT2D eigenvalue weighted by Crippen LogP contribution is -2.41. The summed E-state index contributed by atoms with van der Waals surface area (Å²) in [6.45, 7) is 5.24. The lowest BCUT2D eigenvalue weighted by Gasteiger charge is -2.23. The quantitative estimate of drug-likeness (QED) is 0.837. The van der Waals surface area contributed by atoms with Crippen molar-refractivity contribution < 1.29 is 9.59 Å². The fourth-order valence-electron chi connectivity index (χ4n) is 1.81. The summed E-state index contributed by atoms with van der Waals surface area (Å²) in [6.07, 6.45) is 0. The molecule has 2 amide bonds. The number of thiol groups is 1. The van der Waals surface area contributed by atoms with Crippen molar-refractivity contribution in [3.63, 3.8) is 0 Å². The summed E-state index contributed by atoms with van der Waals surface area (Å²) in [5, 5.41) is 0. The Morgan fingerprint density at radius 3 is 2.26 bits per heavy atom. The van der Waals surface area contributed by atoms with Gasteiger partial charge in [-0.15, -0.1) is 12.6 Å². The minimum atomic E-state index is -0.189. The average Bonchev–Trinajstić information content (AvgIpc) is 2.39. The van der Waals surface area contributed by atoms with Gasteiger partial charge in [0.25, 0.3) is 5.91 Å². The van der Waals surface area contributed by atoms with Gasteiger partial charge in [0, 0.05) is 25.0 Å². The van der Waals surface area contributed by atoms with Crippen LogP contribution in [0.5, 0.6) is 0 Å². The summed E-state index contributed by atoms with van der Waals surface area (Å²) in [5.74, 6) is -0.233. The van der Waals surface area contributed by atoms with Gasteiger partial charge in [-0.1, -0.05) is 12.1 Å². The van der Waals surface area contributed by atoms with Crippen LogP contribution < -0.4 is 0 Å². The molecule has 0 fully saturated rings. The Morgan fingerprint density at radius 2 is 1.74 bits per heavy atom. The first kappa shape index (κ1) is 15.6. The zero-order valence-electron chi connectivity index (χ0n) is 11.6. The third kappa shape index (κ3) is 3.99. The predicted octanol–water partition coefficient (Wildman–Crippen LogP) is 1.92. The zero-order chi connectivity index (χ0) is 14.4. The van der Waals surface area contributed by atoms with Gasteiger partial charge in [-0.2, -0.15) is 0 Å². The Hall–Kier alpha value is -1.49. The SMILES string of the molecule is CCN(CC)C(=O)CN(C)C(=O)c1ccccc1S. The first-order valence-electron chi connectivity index (χ1n) is 6.32. The largest absolute Gasteiger partial charge is 0.342 e. The van der Waals surface area contributed by atoms with Crippen molar-refractivity contribution in [2.75, 3.05) is 26.7 Å². The van der Waals surface area contributed by atoms with Crippen LogP contribution in [0.2, 0.25) is 0 Å². The van der Waals surface area contributed by atoms with Crippen molar-refractivity contribution in [2.24, 2.45) is 0 Å². The Kier molecular flexibility index (Phi) is 5.89. The number of carbonyl (C=O) groups is 2. The van der Waals surface area contributed by atoms with Gasteiger partial charge >= 0.3 is 0 Å². The van der Waals surface area contributed by atoms with E-state index >= 15 is 0 Å². The maximum Gasteiger partial charge on any atom is 0.255 e. The van der Waals surface area contributed by atoms with Gasteiger partial charge in [-0.3, -0.25) is 9.59 Å². The van der Waals surface area contributed by atoms with E-state index in [4.69, 9.17) is 0 Å². The van der Waals surface area contributed by atoms with Gasteiger partial charge in [-0.25, -0.2) is 0 Å². The number of hydrogen-bond acceptors (Lipinski definition) is 3. The standard InChI is InChI=1S/C14H20N2O2S/c1-4-16(5-2)13(17)10-15(3)14(18)11-8-6-7-9-12(11)19/h6-9,19H,4-5,10H2,1-3H3. The number of carbonyl (C=O) groups excluding carboxylic acids is 2. The minimum absolute atomic E-state index is 0.0440. The molecular formula is C14H20N2O2S. The molecule has 0 saturated carbocycles. The van der Waals surface area contributed by atoms with E-state index < -0.39 is 0 Å². The fraction of sp³-hybridized carbons (Fsp3) is 0.429. The van der Waals surface area contributed by atoms with Gasteiger partial charge in [0.2, 0.25) is 5.91 Å². The zero-order valence-corrected chi connectivity index (χ0v) is 12.5. The Morgan fingerprint density at radius 1 is 1.16 bits per heavy atom. The van der Waals surface area contributed by atoms with Crippen LogP contribution in [-0.4, -0.2) is 48.3 Å². The molecule has 104 valence electrons. The first-order valence-corrected chi connectivity index (χ1v) is 6.77. The molecule has 0 atom stereocenters. The Labute approximate surface area is 119 Å². The highest BCUT2D eigenvalue weighted by Crippen LogP contribution is 2.14. The van der Waals surface area contributed by atoms with E-state index in [2.05, 4.69) is 12.6 Å². The van der Waals surface area contributed by atoms with E-state index in [1.54, 1.807) is 30.1 Å². The minimum Gasteiger partial charge on any atom is -0.342 e. The van der Waals surface area contributed by atoms with Crippen LogP contribution in [0.25, 0.3) is 0 Å². The smallest absolute Gasteiger partial charge is 0.255 e. The molecule has 0 radical (unpaired) electrons. The van der Waals surface area contributed by atoms with E-state index in [-0.39, 0.29) is 18.4 Å². The predicted molar refractivity (Wildman–Crippen MR) is 78.6 cm³/mol. The second-order valence-electron chi connectivity index (χ2n) is 4.24. The highest BCUT2D eigenvalue weighted by molar-refractivity contribution is 7.80.